The monoisotopic (exact) mass is 312 g/mol. The third kappa shape index (κ3) is 3.85. The summed E-state index contributed by atoms with van der Waals surface area (Å²) in [7, 11) is 0. The Balaban J connectivity index is 2.00. The summed E-state index contributed by atoms with van der Waals surface area (Å²) in [6, 6.07) is 5.26. The van der Waals surface area contributed by atoms with E-state index in [2.05, 4.69) is 15.5 Å². The molecule has 0 spiro atoms. The lowest BCUT2D eigenvalue weighted by molar-refractivity contribution is -0.138. The minimum atomic E-state index is -4.34. The number of alkyl halides is 3. The lowest BCUT2D eigenvalue weighted by Gasteiger charge is -2.19. The van der Waals surface area contributed by atoms with E-state index in [0.717, 1.165) is 18.3 Å². The van der Waals surface area contributed by atoms with Gasteiger partial charge in [0.05, 0.1) is 5.56 Å². The molecular weight excluding hydrogens is 293 g/mol. The Morgan fingerprint density at radius 2 is 2.00 bits per heavy atom. The molecule has 1 aromatic carbocycles. The van der Waals surface area contributed by atoms with E-state index in [1.807, 2.05) is 11.5 Å². The van der Waals surface area contributed by atoms with Gasteiger partial charge in [-0.3, -0.25) is 0 Å². The van der Waals surface area contributed by atoms with Crippen LogP contribution in [0.4, 0.5) is 13.2 Å². The van der Waals surface area contributed by atoms with Crippen LogP contribution in [0.2, 0.25) is 0 Å². The molecule has 0 aliphatic carbocycles. The zero-order chi connectivity index (χ0) is 16.2. The van der Waals surface area contributed by atoms with Gasteiger partial charge < -0.3 is 9.88 Å². The second kappa shape index (κ2) is 6.91. The average molecular weight is 312 g/mol. The molecule has 0 aliphatic heterocycles. The van der Waals surface area contributed by atoms with Gasteiger partial charge in [0.1, 0.15) is 12.2 Å². The molecule has 0 aliphatic rings. The van der Waals surface area contributed by atoms with Gasteiger partial charge in [-0.15, -0.1) is 10.2 Å². The first kappa shape index (κ1) is 16.5. The topological polar surface area (TPSA) is 42.7 Å². The quantitative estimate of drug-likeness (QED) is 0.890. The van der Waals surface area contributed by atoms with Crippen LogP contribution in [-0.4, -0.2) is 21.3 Å². The molecule has 0 fully saturated rings. The van der Waals surface area contributed by atoms with Crippen LogP contribution in [0.5, 0.6) is 0 Å². The van der Waals surface area contributed by atoms with E-state index in [0.29, 0.717) is 13.1 Å². The first-order valence-corrected chi connectivity index (χ1v) is 7.19. The maximum absolute atomic E-state index is 13.0. The first-order chi connectivity index (χ1) is 10.4. The predicted molar refractivity (Wildman–Crippen MR) is 77.3 cm³/mol. The van der Waals surface area contributed by atoms with Gasteiger partial charge in [-0.1, -0.05) is 25.1 Å². The fraction of sp³-hybridized carbons (Fsp3) is 0.467. The van der Waals surface area contributed by atoms with Crippen LogP contribution in [0.25, 0.3) is 0 Å². The minimum absolute atomic E-state index is 0.259. The van der Waals surface area contributed by atoms with Crippen molar-refractivity contribution in [2.75, 3.05) is 6.54 Å². The number of hydrogen-bond acceptors (Lipinski definition) is 3. The Hall–Kier alpha value is -1.89. The number of aryl methyl sites for hydroxylation is 1. The van der Waals surface area contributed by atoms with Crippen molar-refractivity contribution >= 4 is 0 Å². The highest BCUT2D eigenvalue weighted by Crippen LogP contribution is 2.34. The summed E-state index contributed by atoms with van der Waals surface area (Å²) >= 11 is 0. The van der Waals surface area contributed by atoms with E-state index in [-0.39, 0.29) is 11.6 Å². The average Bonchev–Trinajstić information content (AvgIpc) is 2.93. The SMILES string of the molecule is CCc1nncn1CCNC(C)c1ccccc1C(F)(F)F. The van der Waals surface area contributed by atoms with Gasteiger partial charge in [0.25, 0.3) is 0 Å². The van der Waals surface area contributed by atoms with Crippen LogP contribution in [0, 0.1) is 0 Å². The molecule has 0 bridgehead atoms. The number of nitrogens with one attached hydrogen (secondary N) is 1. The first-order valence-electron chi connectivity index (χ1n) is 7.19. The number of hydrogen-bond donors (Lipinski definition) is 1. The highest BCUT2D eigenvalue weighted by atomic mass is 19.4. The molecule has 2 aromatic rings. The van der Waals surface area contributed by atoms with Crippen LogP contribution in [0.1, 0.15) is 36.8 Å². The second-order valence-electron chi connectivity index (χ2n) is 5.05. The fourth-order valence-electron chi connectivity index (χ4n) is 2.38. The number of halogens is 3. The molecule has 120 valence electrons. The molecule has 1 N–H and O–H groups in total. The van der Waals surface area contributed by atoms with Crippen LogP contribution >= 0.6 is 0 Å². The maximum atomic E-state index is 13.0. The van der Waals surface area contributed by atoms with E-state index in [1.165, 1.54) is 12.1 Å². The number of nitrogens with zero attached hydrogens (tertiary/aromatic N) is 3. The Labute approximate surface area is 127 Å². The molecule has 1 atom stereocenters. The van der Waals surface area contributed by atoms with Gasteiger partial charge in [0.2, 0.25) is 0 Å². The van der Waals surface area contributed by atoms with E-state index in [4.69, 9.17) is 0 Å². The van der Waals surface area contributed by atoms with Gasteiger partial charge in [0.15, 0.2) is 0 Å². The molecule has 2 rings (SSSR count). The minimum Gasteiger partial charge on any atom is -0.316 e. The highest BCUT2D eigenvalue weighted by molar-refractivity contribution is 5.32. The Bertz CT molecular complexity index is 607. The van der Waals surface area contributed by atoms with Gasteiger partial charge in [-0.2, -0.15) is 13.2 Å². The molecule has 0 saturated heterocycles. The molecule has 1 aromatic heterocycles. The summed E-state index contributed by atoms with van der Waals surface area (Å²) in [5.74, 6) is 0.866. The lowest BCUT2D eigenvalue weighted by Crippen LogP contribution is -2.25. The number of aromatic nitrogens is 3. The lowest BCUT2D eigenvalue weighted by atomic mass is 10.0. The Morgan fingerprint density at radius 1 is 1.27 bits per heavy atom. The third-order valence-corrected chi connectivity index (χ3v) is 3.55. The van der Waals surface area contributed by atoms with Crippen molar-refractivity contribution in [3.63, 3.8) is 0 Å². The second-order valence-corrected chi connectivity index (χ2v) is 5.05. The molecule has 0 amide bonds. The smallest absolute Gasteiger partial charge is 0.316 e. The number of rotatable bonds is 6. The van der Waals surface area contributed by atoms with Crippen molar-refractivity contribution in [1.29, 1.82) is 0 Å². The molecule has 22 heavy (non-hydrogen) atoms. The van der Waals surface area contributed by atoms with Crippen LogP contribution in [-0.2, 0) is 19.1 Å². The summed E-state index contributed by atoms with van der Waals surface area (Å²) in [5, 5.41) is 10.9. The number of benzene rings is 1. The van der Waals surface area contributed by atoms with Crippen molar-refractivity contribution in [3.05, 3.63) is 47.5 Å². The molecular formula is C15H19F3N4. The predicted octanol–water partition coefficient (Wildman–Crippen LogP) is 3.21. The van der Waals surface area contributed by atoms with E-state index in [1.54, 1.807) is 19.3 Å². The summed E-state index contributed by atoms with van der Waals surface area (Å²) < 4.78 is 40.9. The van der Waals surface area contributed by atoms with Gasteiger partial charge >= 0.3 is 6.18 Å². The summed E-state index contributed by atoms with van der Waals surface area (Å²) in [6.07, 6.45) is -1.93. The van der Waals surface area contributed by atoms with E-state index in [9.17, 15) is 13.2 Å². The van der Waals surface area contributed by atoms with Crippen molar-refractivity contribution in [1.82, 2.24) is 20.1 Å². The van der Waals surface area contributed by atoms with Crippen molar-refractivity contribution in [2.45, 2.75) is 39.0 Å². The van der Waals surface area contributed by atoms with Gasteiger partial charge in [0, 0.05) is 25.6 Å². The fourth-order valence-corrected chi connectivity index (χ4v) is 2.38. The van der Waals surface area contributed by atoms with Gasteiger partial charge in [-0.25, -0.2) is 0 Å². The standard InChI is InChI=1S/C15H19F3N4/c1-3-14-21-20-10-22(14)9-8-19-11(2)12-6-4-5-7-13(12)15(16,17)18/h4-7,10-11,19H,3,8-9H2,1-2H3. The Morgan fingerprint density at radius 3 is 2.68 bits per heavy atom. The van der Waals surface area contributed by atoms with Crippen LogP contribution in [0.3, 0.4) is 0 Å². The van der Waals surface area contributed by atoms with E-state index >= 15 is 0 Å². The van der Waals surface area contributed by atoms with Crippen LogP contribution in [0.15, 0.2) is 30.6 Å². The summed E-state index contributed by atoms with van der Waals surface area (Å²) in [5.41, 5.74) is -0.331. The molecule has 4 nitrogen and oxygen atoms in total. The zero-order valence-corrected chi connectivity index (χ0v) is 12.6. The molecule has 7 heteroatoms. The maximum Gasteiger partial charge on any atom is 0.416 e. The van der Waals surface area contributed by atoms with Crippen molar-refractivity contribution in [3.8, 4) is 0 Å². The highest BCUT2D eigenvalue weighted by Gasteiger charge is 2.33. The summed E-state index contributed by atoms with van der Waals surface area (Å²) in [4.78, 5) is 0. The van der Waals surface area contributed by atoms with Gasteiger partial charge in [-0.05, 0) is 18.6 Å². The molecule has 1 heterocycles. The van der Waals surface area contributed by atoms with Crippen molar-refractivity contribution < 1.29 is 13.2 Å². The zero-order valence-electron chi connectivity index (χ0n) is 12.6. The largest absolute Gasteiger partial charge is 0.416 e. The van der Waals surface area contributed by atoms with Crippen molar-refractivity contribution in [2.24, 2.45) is 0 Å². The third-order valence-electron chi connectivity index (χ3n) is 3.55. The summed E-state index contributed by atoms with van der Waals surface area (Å²) in [6.45, 7) is 4.88. The van der Waals surface area contributed by atoms with Crippen LogP contribution < -0.4 is 5.32 Å². The molecule has 0 saturated carbocycles. The molecule has 1 unspecified atom stereocenters. The van der Waals surface area contributed by atoms with E-state index < -0.39 is 11.7 Å². The normalized spacial score (nSPS) is 13.3. The molecule has 0 radical (unpaired) electrons. The Kier molecular flexibility index (Phi) is 5.18.